The molecular weight excluding hydrogens is 306 g/mol. The van der Waals surface area contributed by atoms with E-state index in [-0.39, 0.29) is 31.6 Å². The van der Waals surface area contributed by atoms with Crippen molar-refractivity contribution in [2.24, 2.45) is 0 Å². The van der Waals surface area contributed by atoms with Gasteiger partial charge in [0.1, 0.15) is 13.2 Å². The average molecular weight is 326 g/mol. The maximum atomic E-state index is 12.1. The van der Waals surface area contributed by atoms with Gasteiger partial charge in [0.25, 0.3) is 0 Å². The Bertz CT molecular complexity index is 521. The van der Waals surface area contributed by atoms with Crippen molar-refractivity contribution >= 4 is 29.1 Å². The molecule has 0 bridgehead atoms. The van der Waals surface area contributed by atoms with Crippen LogP contribution in [-0.4, -0.2) is 56.7 Å². The van der Waals surface area contributed by atoms with Gasteiger partial charge in [0.2, 0.25) is 11.8 Å². The van der Waals surface area contributed by atoms with Crippen LogP contribution < -0.4 is 10.2 Å². The summed E-state index contributed by atoms with van der Waals surface area (Å²) in [6.45, 7) is 1.99. The van der Waals surface area contributed by atoms with Crippen LogP contribution in [0, 0.1) is 0 Å². The normalized spacial score (nSPS) is 14.7. The van der Waals surface area contributed by atoms with Crippen LogP contribution in [0.1, 0.15) is 6.42 Å². The minimum absolute atomic E-state index is 0.0813. The van der Waals surface area contributed by atoms with Crippen LogP contribution in [0.2, 0.25) is 5.02 Å². The lowest BCUT2D eigenvalue weighted by molar-refractivity contribution is -0.130. The van der Waals surface area contributed by atoms with Gasteiger partial charge in [-0.3, -0.25) is 14.5 Å². The SMILES string of the molecule is COCCCNCC(=O)N1CC(=O)N(c2ccc(Cl)cc2)C1. The number of hydrogen-bond donors (Lipinski definition) is 1. The van der Waals surface area contributed by atoms with Crippen LogP contribution >= 0.6 is 11.6 Å². The van der Waals surface area contributed by atoms with E-state index >= 15 is 0 Å². The lowest BCUT2D eigenvalue weighted by Crippen LogP contribution is -2.38. The first-order chi connectivity index (χ1) is 10.6. The van der Waals surface area contributed by atoms with Crippen molar-refractivity contribution in [3.05, 3.63) is 29.3 Å². The number of anilines is 1. The second-order valence-corrected chi connectivity index (χ2v) is 5.49. The van der Waals surface area contributed by atoms with Crippen molar-refractivity contribution in [1.82, 2.24) is 10.2 Å². The predicted octanol–water partition coefficient (Wildman–Crippen LogP) is 1.10. The number of nitrogens with one attached hydrogen (secondary N) is 1. The molecule has 0 spiro atoms. The molecule has 1 aromatic rings. The number of carbonyl (C=O) groups is 2. The number of methoxy groups -OCH3 is 1. The summed E-state index contributed by atoms with van der Waals surface area (Å²) >= 11 is 5.84. The summed E-state index contributed by atoms with van der Waals surface area (Å²) in [6.07, 6.45) is 0.847. The third-order valence-corrected chi connectivity index (χ3v) is 3.66. The van der Waals surface area contributed by atoms with Gasteiger partial charge in [-0.05, 0) is 37.2 Å². The molecule has 1 aliphatic heterocycles. The highest BCUT2D eigenvalue weighted by Gasteiger charge is 2.31. The summed E-state index contributed by atoms with van der Waals surface area (Å²) in [5.74, 6) is -0.169. The minimum Gasteiger partial charge on any atom is -0.385 e. The number of hydrogen-bond acceptors (Lipinski definition) is 4. The number of carbonyl (C=O) groups excluding carboxylic acids is 2. The summed E-state index contributed by atoms with van der Waals surface area (Å²) in [4.78, 5) is 27.3. The maximum Gasteiger partial charge on any atom is 0.248 e. The summed E-state index contributed by atoms with van der Waals surface area (Å²) in [6, 6.07) is 7.01. The monoisotopic (exact) mass is 325 g/mol. The molecule has 1 N–H and O–H groups in total. The fourth-order valence-electron chi connectivity index (χ4n) is 2.21. The number of ether oxygens (including phenoxy) is 1. The van der Waals surface area contributed by atoms with Crippen LogP contribution in [0.5, 0.6) is 0 Å². The van der Waals surface area contributed by atoms with Crippen molar-refractivity contribution in [1.29, 1.82) is 0 Å². The number of rotatable bonds is 7. The molecule has 120 valence electrons. The Morgan fingerprint density at radius 2 is 2.09 bits per heavy atom. The molecular formula is C15H20ClN3O3. The van der Waals surface area contributed by atoms with E-state index in [0.29, 0.717) is 18.2 Å². The summed E-state index contributed by atoms with van der Waals surface area (Å²) < 4.78 is 4.94. The lowest BCUT2D eigenvalue weighted by Gasteiger charge is -2.18. The first-order valence-electron chi connectivity index (χ1n) is 7.15. The van der Waals surface area contributed by atoms with Gasteiger partial charge in [-0.15, -0.1) is 0 Å². The van der Waals surface area contributed by atoms with Gasteiger partial charge in [-0.2, -0.15) is 0 Å². The van der Waals surface area contributed by atoms with E-state index in [0.717, 1.165) is 12.1 Å². The molecule has 1 saturated heterocycles. The molecule has 0 aliphatic carbocycles. The topological polar surface area (TPSA) is 61.9 Å². The zero-order valence-corrected chi connectivity index (χ0v) is 13.3. The molecule has 0 radical (unpaired) electrons. The van der Waals surface area contributed by atoms with Crippen LogP contribution in [0.4, 0.5) is 5.69 Å². The summed E-state index contributed by atoms with van der Waals surface area (Å²) in [5, 5.41) is 3.67. The highest BCUT2D eigenvalue weighted by Crippen LogP contribution is 2.21. The molecule has 1 heterocycles. The molecule has 2 rings (SSSR count). The largest absolute Gasteiger partial charge is 0.385 e. The van der Waals surface area contributed by atoms with Gasteiger partial charge in [0.15, 0.2) is 0 Å². The second kappa shape index (κ2) is 8.12. The van der Waals surface area contributed by atoms with Crippen LogP contribution in [0.15, 0.2) is 24.3 Å². The van der Waals surface area contributed by atoms with Gasteiger partial charge in [0.05, 0.1) is 6.54 Å². The lowest BCUT2D eigenvalue weighted by atomic mass is 10.3. The van der Waals surface area contributed by atoms with Gasteiger partial charge in [0, 0.05) is 24.4 Å². The molecule has 0 atom stereocenters. The molecule has 1 fully saturated rings. The molecule has 2 amide bonds. The molecule has 0 aromatic heterocycles. The summed E-state index contributed by atoms with van der Waals surface area (Å²) in [5.41, 5.74) is 0.748. The minimum atomic E-state index is -0.0879. The predicted molar refractivity (Wildman–Crippen MR) is 84.9 cm³/mol. The van der Waals surface area contributed by atoms with Gasteiger partial charge >= 0.3 is 0 Å². The van der Waals surface area contributed by atoms with Gasteiger partial charge in [-0.1, -0.05) is 11.6 Å². The van der Waals surface area contributed by atoms with E-state index in [1.807, 2.05) is 0 Å². The first-order valence-corrected chi connectivity index (χ1v) is 7.53. The number of nitrogens with zero attached hydrogens (tertiary/aromatic N) is 2. The molecule has 1 aromatic carbocycles. The molecule has 22 heavy (non-hydrogen) atoms. The summed E-state index contributed by atoms with van der Waals surface area (Å²) in [7, 11) is 1.65. The van der Waals surface area contributed by atoms with Crippen molar-refractivity contribution in [3.63, 3.8) is 0 Å². The molecule has 7 heteroatoms. The fraction of sp³-hybridized carbons (Fsp3) is 0.467. The Hall–Kier alpha value is -1.63. The molecule has 0 unspecified atom stereocenters. The third-order valence-electron chi connectivity index (χ3n) is 3.41. The van der Waals surface area contributed by atoms with E-state index in [2.05, 4.69) is 5.32 Å². The highest BCUT2D eigenvalue weighted by molar-refractivity contribution is 6.30. The first kappa shape index (κ1) is 16.7. The highest BCUT2D eigenvalue weighted by atomic mass is 35.5. The van der Waals surface area contributed by atoms with Crippen LogP contribution in [-0.2, 0) is 14.3 Å². The zero-order valence-electron chi connectivity index (χ0n) is 12.5. The van der Waals surface area contributed by atoms with Crippen molar-refractivity contribution in [3.8, 4) is 0 Å². The Balaban J connectivity index is 1.83. The van der Waals surface area contributed by atoms with Gasteiger partial charge < -0.3 is 15.0 Å². The van der Waals surface area contributed by atoms with Crippen molar-refractivity contribution < 1.29 is 14.3 Å². The van der Waals surface area contributed by atoms with Crippen LogP contribution in [0.3, 0.4) is 0 Å². The number of halogens is 1. The Morgan fingerprint density at radius 3 is 2.77 bits per heavy atom. The van der Waals surface area contributed by atoms with E-state index in [9.17, 15) is 9.59 Å². The maximum absolute atomic E-state index is 12.1. The second-order valence-electron chi connectivity index (χ2n) is 5.05. The fourth-order valence-corrected chi connectivity index (χ4v) is 2.34. The Kier molecular flexibility index (Phi) is 6.18. The molecule has 0 saturated carbocycles. The number of amides is 2. The Labute approximate surface area is 135 Å². The average Bonchev–Trinajstić information content (AvgIpc) is 2.90. The molecule has 1 aliphatic rings. The van der Waals surface area contributed by atoms with E-state index in [1.165, 1.54) is 0 Å². The van der Waals surface area contributed by atoms with E-state index in [4.69, 9.17) is 16.3 Å². The third kappa shape index (κ3) is 4.43. The zero-order chi connectivity index (χ0) is 15.9. The Morgan fingerprint density at radius 1 is 1.36 bits per heavy atom. The standard InChI is InChI=1S/C15H20ClN3O3/c1-22-8-2-7-17-9-14(20)18-10-15(21)19(11-18)13-5-3-12(16)4-6-13/h3-6,17H,2,7-11H2,1H3. The van der Waals surface area contributed by atoms with Crippen molar-refractivity contribution in [2.75, 3.05) is 44.9 Å². The van der Waals surface area contributed by atoms with E-state index in [1.54, 1.807) is 41.2 Å². The quantitative estimate of drug-likeness (QED) is 0.763. The number of benzene rings is 1. The van der Waals surface area contributed by atoms with Gasteiger partial charge in [-0.25, -0.2) is 0 Å². The van der Waals surface area contributed by atoms with Crippen molar-refractivity contribution in [2.45, 2.75) is 6.42 Å². The molecule has 6 nitrogen and oxygen atoms in total. The van der Waals surface area contributed by atoms with Crippen LogP contribution in [0.25, 0.3) is 0 Å². The van der Waals surface area contributed by atoms with E-state index < -0.39 is 0 Å². The smallest absolute Gasteiger partial charge is 0.248 e.